The molecule has 1 aromatic rings. The van der Waals surface area contributed by atoms with E-state index in [2.05, 4.69) is 36.6 Å². The number of carbonyl (C=O) groups excluding carboxylic acids is 1. The molecule has 0 saturated carbocycles. The maximum Gasteiger partial charge on any atom is 0.407 e. The maximum absolute atomic E-state index is 11.6. The molecule has 0 bridgehead atoms. The minimum absolute atomic E-state index is 0.0216. The van der Waals surface area contributed by atoms with Gasteiger partial charge in [0, 0.05) is 28.4 Å². The number of amides is 1. The third-order valence-corrected chi connectivity index (χ3v) is 3.86. The SMILES string of the molecule is Cc1ccc(C(C)NCC(C)NC(=O)OC(C)(C)C)s1. The molecule has 2 unspecified atom stereocenters. The zero-order valence-electron chi connectivity index (χ0n) is 13.2. The van der Waals surface area contributed by atoms with Crippen LogP contribution in [-0.4, -0.2) is 24.3 Å². The van der Waals surface area contributed by atoms with Crippen molar-refractivity contribution >= 4 is 17.4 Å². The number of thiophene rings is 1. The molecule has 0 aromatic carbocycles. The molecular weight excluding hydrogens is 272 g/mol. The Morgan fingerprint density at radius 2 is 2.00 bits per heavy atom. The highest BCUT2D eigenvalue weighted by molar-refractivity contribution is 7.12. The van der Waals surface area contributed by atoms with E-state index in [0.29, 0.717) is 6.54 Å². The smallest absolute Gasteiger partial charge is 0.407 e. The lowest BCUT2D eigenvalue weighted by Gasteiger charge is -2.23. The summed E-state index contributed by atoms with van der Waals surface area (Å²) in [6, 6.07) is 4.58. The van der Waals surface area contributed by atoms with Crippen LogP contribution in [0.3, 0.4) is 0 Å². The number of ether oxygens (including phenoxy) is 1. The Bertz CT molecular complexity index is 437. The van der Waals surface area contributed by atoms with Crippen LogP contribution in [0.5, 0.6) is 0 Å². The maximum atomic E-state index is 11.6. The predicted molar refractivity (Wildman–Crippen MR) is 84.3 cm³/mol. The third-order valence-electron chi connectivity index (χ3n) is 2.68. The summed E-state index contributed by atoms with van der Waals surface area (Å²) in [4.78, 5) is 14.3. The first-order valence-corrected chi connectivity index (χ1v) is 7.78. The molecule has 1 heterocycles. The van der Waals surface area contributed by atoms with E-state index in [1.54, 1.807) is 11.3 Å². The molecule has 2 N–H and O–H groups in total. The quantitative estimate of drug-likeness (QED) is 0.873. The van der Waals surface area contributed by atoms with Crippen LogP contribution in [0.15, 0.2) is 12.1 Å². The van der Waals surface area contributed by atoms with Crippen molar-refractivity contribution in [3.63, 3.8) is 0 Å². The lowest BCUT2D eigenvalue weighted by molar-refractivity contribution is 0.0508. The van der Waals surface area contributed by atoms with E-state index >= 15 is 0 Å². The predicted octanol–water partition coefficient (Wildman–Crippen LogP) is 3.62. The van der Waals surface area contributed by atoms with Crippen LogP contribution in [0.25, 0.3) is 0 Å². The lowest BCUT2D eigenvalue weighted by Crippen LogP contribution is -2.42. The van der Waals surface area contributed by atoms with Crippen LogP contribution in [-0.2, 0) is 4.74 Å². The Hall–Kier alpha value is -1.07. The Kier molecular flexibility index (Phi) is 6.02. The van der Waals surface area contributed by atoms with E-state index in [1.165, 1.54) is 9.75 Å². The van der Waals surface area contributed by atoms with Gasteiger partial charge in [-0.1, -0.05) is 0 Å². The van der Waals surface area contributed by atoms with Crippen LogP contribution < -0.4 is 10.6 Å². The van der Waals surface area contributed by atoms with E-state index < -0.39 is 5.60 Å². The van der Waals surface area contributed by atoms with Gasteiger partial charge in [0.05, 0.1) is 0 Å². The van der Waals surface area contributed by atoms with Crippen LogP contribution in [0.1, 0.15) is 50.4 Å². The highest BCUT2D eigenvalue weighted by atomic mass is 32.1. The van der Waals surface area contributed by atoms with Crippen LogP contribution in [0.2, 0.25) is 0 Å². The van der Waals surface area contributed by atoms with Gasteiger partial charge in [-0.2, -0.15) is 0 Å². The van der Waals surface area contributed by atoms with Crippen molar-refractivity contribution in [3.05, 3.63) is 21.9 Å². The minimum Gasteiger partial charge on any atom is -0.444 e. The second kappa shape index (κ2) is 7.09. The molecule has 0 saturated heterocycles. The molecule has 0 aliphatic heterocycles. The number of hydrogen-bond donors (Lipinski definition) is 2. The fourth-order valence-electron chi connectivity index (χ4n) is 1.70. The van der Waals surface area contributed by atoms with Crippen molar-refractivity contribution in [2.75, 3.05) is 6.54 Å². The average Bonchev–Trinajstić information content (AvgIpc) is 2.70. The van der Waals surface area contributed by atoms with Gasteiger partial charge in [-0.05, 0) is 53.7 Å². The zero-order chi connectivity index (χ0) is 15.3. The molecule has 0 aliphatic rings. The van der Waals surface area contributed by atoms with Crippen molar-refractivity contribution in [3.8, 4) is 0 Å². The van der Waals surface area contributed by atoms with E-state index in [0.717, 1.165) is 0 Å². The normalized spacial score (nSPS) is 14.7. The van der Waals surface area contributed by atoms with Crippen LogP contribution in [0, 0.1) is 6.92 Å². The molecule has 114 valence electrons. The summed E-state index contributed by atoms with van der Waals surface area (Å²) in [7, 11) is 0. The van der Waals surface area contributed by atoms with Gasteiger partial charge in [-0.15, -0.1) is 11.3 Å². The summed E-state index contributed by atoms with van der Waals surface area (Å²) in [5.74, 6) is 0. The van der Waals surface area contributed by atoms with Crippen molar-refractivity contribution in [2.45, 2.75) is 59.2 Å². The molecular formula is C15H26N2O2S. The molecule has 5 heteroatoms. The molecule has 0 fully saturated rings. The molecule has 1 rings (SSSR count). The van der Waals surface area contributed by atoms with E-state index in [-0.39, 0.29) is 18.2 Å². The minimum atomic E-state index is -0.459. The van der Waals surface area contributed by atoms with E-state index in [1.807, 2.05) is 27.7 Å². The number of aryl methyl sites for hydroxylation is 1. The van der Waals surface area contributed by atoms with Gasteiger partial charge < -0.3 is 15.4 Å². The number of rotatable bonds is 5. The van der Waals surface area contributed by atoms with Crippen molar-refractivity contribution in [2.24, 2.45) is 0 Å². The van der Waals surface area contributed by atoms with Gasteiger partial charge in [0.2, 0.25) is 0 Å². The molecule has 0 spiro atoms. The summed E-state index contributed by atoms with van der Waals surface area (Å²) >= 11 is 1.79. The summed E-state index contributed by atoms with van der Waals surface area (Å²) < 4.78 is 5.23. The zero-order valence-corrected chi connectivity index (χ0v) is 14.1. The average molecular weight is 298 g/mol. The second-order valence-corrected chi connectivity index (χ2v) is 7.45. The van der Waals surface area contributed by atoms with Gasteiger partial charge in [0.1, 0.15) is 5.60 Å². The van der Waals surface area contributed by atoms with Gasteiger partial charge >= 0.3 is 6.09 Å². The molecule has 1 aromatic heterocycles. The summed E-state index contributed by atoms with van der Waals surface area (Å²) in [5, 5.41) is 6.25. The van der Waals surface area contributed by atoms with Crippen molar-refractivity contribution in [1.82, 2.24) is 10.6 Å². The monoisotopic (exact) mass is 298 g/mol. The number of hydrogen-bond acceptors (Lipinski definition) is 4. The first-order chi connectivity index (χ1) is 9.17. The summed E-state index contributed by atoms with van der Waals surface area (Å²) in [6.45, 7) is 12.5. The van der Waals surface area contributed by atoms with E-state index in [4.69, 9.17) is 4.74 Å². The molecule has 0 aliphatic carbocycles. The Labute approximate surface area is 125 Å². The fraction of sp³-hybridized carbons (Fsp3) is 0.667. The number of alkyl carbamates (subject to hydrolysis) is 1. The molecule has 2 atom stereocenters. The van der Waals surface area contributed by atoms with Crippen LogP contribution >= 0.6 is 11.3 Å². The van der Waals surface area contributed by atoms with Gasteiger partial charge in [-0.3, -0.25) is 0 Å². The summed E-state index contributed by atoms with van der Waals surface area (Å²) in [6.07, 6.45) is -0.369. The lowest BCUT2D eigenvalue weighted by atomic mass is 10.2. The Morgan fingerprint density at radius 3 is 2.50 bits per heavy atom. The molecule has 20 heavy (non-hydrogen) atoms. The second-order valence-electron chi connectivity index (χ2n) is 6.13. The molecule has 4 nitrogen and oxygen atoms in total. The number of carbonyl (C=O) groups is 1. The first-order valence-electron chi connectivity index (χ1n) is 6.96. The highest BCUT2D eigenvalue weighted by Crippen LogP contribution is 2.22. The molecule has 0 radical (unpaired) electrons. The van der Waals surface area contributed by atoms with Crippen molar-refractivity contribution in [1.29, 1.82) is 0 Å². The fourth-order valence-corrected chi connectivity index (χ4v) is 2.60. The van der Waals surface area contributed by atoms with E-state index in [9.17, 15) is 4.79 Å². The topological polar surface area (TPSA) is 50.4 Å². The Morgan fingerprint density at radius 1 is 1.35 bits per heavy atom. The Balaban J connectivity index is 2.32. The van der Waals surface area contributed by atoms with Crippen LogP contribution in [0.4, 0.5) is 4.79 Å². The highest BCUT2D eigenvalue weighted by Gasteiger charge is 2.18. The van der Waals surface area contributed by atoms with Crippen molar-refractivity contribution < 1.29 is 9.53 Å². The van der Waals surface area contributed by atoms with Gasteiger partial charge in [0.15, 0.2) is 0 Å². The van der Waals surface area contributed by atoms with Gasteiger partial charge in [0.25, 0.3) is 0 Å². The summed E-state index contributed by atoms with van der Waals surface area (Å²) in [5.41, 5.74) is -0.459. The van der Waals surface area contributed by atoms with Gasteiger partial charge in [-0.25, -0.2) is 4.79 Å². The molecule has 1 amide bonds. The standard InChI is InChI=1S/C15H26N2O2S/c1-10(17-14(18)19-15(4,5)6)9-16-12(3)13-8-7-11(2)20-13/h7-8,10,12,16H,9H2,1-6H3,(H,17,18). The third kappa shape index (κ3) is 6.39. The largest absolute Gasteiger partial charge is 0.444 e. The number of nitrogens with one attached hydrogen (secondary N) is 2. The first kappa shape index (κ1) is 17.0.